The minimum absolute atomic E-state index is 0.0140. The summed E-state index contributed by atoms with van der Waals surface area (Å²) in [7, 11) is 0. The van der Waals surface area contributed by atoms with E-state index in [1.807, 2.05) is 13.8 Å². The van der Waals surface area contributed by atoms with E-state index in [1.165, 1.54) is 6.42 Å². The molecule has 98 valence electrons. The fraction of sp³-hybridized carbons (Fsp3) is 0.846. The van der Waals surface area contributed by atoms with Crippen molar-refractivity contribution in [2.75, 3.05) is 0 Å². The Bertz CT molecular complexity index is 299. The standard InChI is InChI=1S/C13H23NO3/c1-4-5-9-6-10(9)14-11(15)7-13(2,3)8-12(16)17/h9-10H,4-8H2,1-3H3,(H,14,15)(H,16,17). The molecule has 1 aliphatic rings. The molecule has 0 aromatic rings. The molecule has 2 unspecified atom stereocenters. The molecule has 0 bridgehead atoms. The first-order chi connectivity index (χ1) is 7.84. The number of hydrogen-bond acceptors (Lipinski definition) is 2. The molecular weight excluding hydrogens is 218 g/mol. The van der Waals surface area contributed by atoms with E-state index in [0.29, 0.717) is 12.0 Å². The Kier molecular flexibility index (Phi) is 4.54. The molecule has 2 N–H and O–H groups in total. The number of carboxylic acid groups (broad SMARTS) is 1. The van der Waals surface area contributed by atoms with Gasteiger partial charge in [-0.3, -0.25) is 9.59 Å². The minimum Gasteiger partial charge on any atom is -0.481 e. The van der Waals surface area contributed by atoms with Gasteiger partial charge >= 0.3 is 5.97 Å². The second-order valence-electron chi connectivity index (χ2n) is 5.87. The lowest BCUT2D eigenvalue weighted by atomic mass is 9.85. The van der Waals surface area contributed by atoms with Crippen LogP contribution < -0.4 is 5.32 Å². The van der Waals surface area contributed by atoms with Crippen molar-refractivity contribution in [1.29, 1.82) is 0 Å². The lowest BCUT2D eigenvalue weighted by Gasteiger charge is -2.21. The quantitative estimate of drug-likeness (QED) is 0.718. The van der Waals surface area contributed by atoms with E-state index in [-0.39, 0.29) is 18.7 Å². The minimum atomic E-state index is -0.849. The van der Waals surface area contributed by atoms with E-state index in [2.05, 4.69) is 12.2 Å². The molecule has 1 rings (SSSR count). The third-order valence-electron chi connectivity index (χ3n) is 3.20. The van der Waals surface area contributed by atoms with E-state index in [0.717, 1.165) is 12.8 Å². The van der Waals surface area contributed by atoms with E-state index >= 15 is 0 Å². The normalized spacial score (nSPS) is 23.2. The summed E-state index contributed by atoms with van der Waals surface area (Å²) in [6, 6.07) is 0.336. The van der Waals surface area contributed by atoms with Crippen LogP contribution in [0.2, 0.25) is 0 Å². The number of carbonyl (C=O) groups excluding carboxylic acids is 1. The van der Waals surface area contributed by atoms with Gasteiger partial charge in [-0.15, -0.1) is 0 Å². The SMILES string of the molecule is CCCC1CC1NC(=O)CC(C)(C)CC(=O)O. The van der Waals surface area contributed by atoms with Gasteiger partial charge < -0.3 is 10.4 Å². The Balaban J connectivity index is 2.28. The van der Waals surface area contributed by atoms with Crippen LogP contribution in [0.4, 0.5) is 0 Å². The molecule has 1 saturated carbocycles. The number of amides is 1. The smallest absolute Gasteiger partial charge is 0.303 e. The maximum absolute atomic E-state index is 11.7. The topological polar surface area (TPSA) is 66.4 Å². The molecule has 0 aromatic heterocycles. The lowest BCUT2D eigenvalue weighted by molar-refractivity contribution is -0.139. The summed E-state index contributed by atoms with van der Waals surface area (Å²) < 4.78 is 0. The highest BCUT2D eigenvalue weighted by Crippen LogP contribution is 2.35. The third-order valence-corrected chi connectivity index (χ3v) is 3.20. The first-order valence-corrected chi connectivity index (χ1v) is 6.35. The van der Waals surface area contributed by atoms with Crippen molar-refractivity contribution in [2.45, 2.75) is 58.9 Å². The zero-order chi connectivity index (χ0) is 13.1. The summed E-state index contributed by atoms with van der Waals surface area (Å²) in [6.07, 6.45) is 3.72. The number of aliphatic carboxylic acids is 1. The molecule has 2 atom stereocenters. The predicted octanol–water partition coefficient (Wildman–Crippen LogP) is 2.18. The van der Waals surface area contributed by atoms with Crippen molar-refractivity contribution in [1.82, 2.24) is 5.32 Å². The Morgan fingerprint density at radius 1 is 1.35 bits per heavy atom. The fourth-order valence-electron chi connectivity index (χ4n) is 2.28. The zero-order valence-electron chi connectivity index (χ0n) is 11.0. The van der Waals surface area contributed by atoms with Gasteiger partial charge in [0.25, 0.3) is 0 Å². The summed E-state index contributed by atoms with van der Waals surface area (Å²) >= 11 is 0. The van der Waals surface area contributed by atoms with Crippen LogP contribution in [0.5, 0.6) is 0 Å². The maximum atomic E-state index is 11.7. The van der Waals surface area contributed by atoms with Gasteiger partial charge in [0.05, 0.1) is 6.42 Å². The zero-order valence-corrected chi connectivity index (χ0v) is 11.0. The molecule has 0 aromatic carbocycles. The highest BCUT2D eigenvalue weighted by atomic mass is 16.4. The third kappa shape index (κ3) is 5.20. The molecule has 0 radical (unpaired) electrons. The number of carboxylic acids is 1. The van der Waals surface area contributed by atoms with Gasteiger partial charge in [0.2, 0.25) is 5.91 Å². The maximum Gasteiger partial charge on any atom is 0.303 e. The molecule has 4 nitrogen and oxygen atoms in total. The molecular formula is C13H23NO3. The van der Waals surface area contributed by atoms with Crippen LogP contribution in [0.15, 0.2) is 0 Å². The molecule has 1 aliphatic carbocycles. The molecule has 0 saturated heterocycles. The second kappa shape index (κ2) is 5.52. The number of nitrogens with one attached hydrogen (secondary N) is 1. The van der Waals surface area contributed by atoms with Crippen molar-refractivity contribution in [3.63, 3.8) is 0 Å². The second-order valence-corrected chi connectivity index (χ2v) is 5.87. The molecule has 4 heteroatoms. The van der Waals surface area contributed by atoms with Gasteiger partial charge in [0.15, 0.2) is 0 Å². The van der Waals surface area contributed by atoms with Crippen LogP contribution in [0.3, 0.4) is 0 Å². The Labute approximate surface area is 103 Å². The monoisotopic (exact) mass is 241 g/mol. The molecule has 17 heavy (non-hydrogen) atoms. The largest absolute Gasteiger partial charge is 0.481 e. The van der Waals surface area contributed by atoms with Gasteiger partial charge in [-0.1, -0.05) is 27.2 Å². The average molecular weight is 241 g/mol. The Hall–Kier alpha value is -1.06. The van der Waals surface area contributed by atoms with Crippen LogP contribution >= 0.6 is 0 Å². The summed E-state index contributed by atoms with van der Waals surface area (Å²) in [5.74, 6) is -0.218. The van der Waals surface area contributed by atoms with Crippen LogP contribution in [0.1, 0.15) is 52.9 Å². The van der Waals surface area contributed by atoms with Gasteiger partial charge in [-0.2, -0.15) is 0 Å². The number of hydrogen-bond donors (Lipinski definition) is 2. The van der Waals surface area contributed by atoms with Gasteiger partial charge in [0.1, 0.15) is 0 Å². The van der Waals surface area contributed by atoms with E-state index in [4.69, 9.17) is 5.11 Å². The fourth-order valence-corrected chi connectivity index (χ4v) is 2.28. The first kappa shape index (κ1) is 14.0. The van der Waals surface area contributed by atoms with Crippen molar-refractivity contribution in [2.24, 2.45) is 11.3 Å². The van der Waals surface area contributed by atoms with Crippen molar-refractivity contribution >= 4 is 11.9 Å². The molecule has 1 amide bonds. The summed E-state index contributed by atoms with van der Waals surface area (Å²) in [5.41, 5.74) is -0.467. The van der Waals surface area contributed by atoms with Gasteiger partial charge in [0, 0.05) is 12.5 Å². The average Bonchev–Trinajstić information content (AvgIpc) is 2.79. The molecule has 0 heterocycles. The Morgan fingerprint density at radius 2 is 2.00 bits per heavy atom. The highest BCUT2D eigenvalue weighted by Gasteiger charge is 2.38. The van der Waals surface area contributed by atoms with E-state index in [9.17, 15) is 9.59 Å². The van der Waals surface area contributed by atoms with E-state index < -0.39 is 11.4 Å². The van der Waals surface area contributed by atoms with Crippen LogP contribution in [0.25, 0.3) is 0 Å². The lowest BCUT2D eigenvalue weighted by Crippen LogP contribution is -2.32. The Morgan fingerprint density at radius 3 is 2.53 bits per heavy atom. The molecule has 0 spiro atoms. The van der Waals surface area contributed by atoms with Crippen LogP contribution in [-0.4, -0.2) is 23.0 Å². The van der Waals surface area contributed by atoms with Crippen LogP contribution in [-0.2, 0) is 9.59 Å². The van der Waals surface area contributed by atoms with E-state index in [1.54, 1.807) is 0 Å². The number of rotatable bonds is 7. The van der Waals surface area contributed by atoms with Crippen molar-refractivity contribution in [3.8, 4) is 0 Å². The highest BCUT2D eigenvalue weighted by molar-refractivity contribution is 5.78. The van der Waals surface area contributed by atoms with Crippen molar-refractivity contribution < 1.29 is 14.7 Å². The number of carbonyl (C=O) groups is 2. The summed E-state index contributed by atoms with van der Waals surface area (Å²) in [5, 5.41) is 11.7. The van der Waals surface area contributed by atoms with Crippen LogP contribution in [0, 0.1) is 11.3 Å². The summed E-state index contributed by atoms with van der Waals surface area (Å²) in [6.45, 7) is 5.78. The predicted molar refractivity (Wildman–Crippen MR) is 65.6 cm³/mol. The van der Waals surface area contributed by atoms with Crippen molar-refractivity contribution in [3.05, 3.63) is 0 Å². The van der Waals surface area contributed by atoms with Gasteiger partial charge in [-0.05, 0) is 24.2 Å². The first-order valence-electron chi connectivity index (χ1n) is 6.35. The van der Waals surface area contributed by atoms with Gasteiger partial charge in [-0.25, -0.2) is 0 Å². The molecule has 0 aliphatic heterocycles. The molecule has 1 fully saturated rings. The summed E-state index contributed by atoms with van der Waals surface area (Å²) in [4.78, 5) is 22.4.